The van der Waals surface area contributed by atoms with Crippen molar-refractivity contribution in [2.24, 2.45) is 0 Å². The van der Waals surface area contributed by atoms with E-state index in [-0.39, 0.29) is 0 Å². The van der Waals surface area contributed by atoms with E-state index in [0.29, 0.717) is 6.04 Å². The zero-order valence-corrected chi connectivity index (χ0v) is 10.1. The molecule has 1 N–H and O–H groups in total. The highest BCUT2D eigenvalue weighted by Gasteiger charge is 2.21. The first-order valence-corrected chi connectivity index (χ1v) is 6.08. The van der Waals surface area contributed by atoms with Crippen molar-refractivity contribution in [1.29, 1.82) is 0 Å². The van der Waals surface area contributed by atoms with Crippen LogP contribution in [0.3, 0.4) is 0 Å². The third kappa shape index (κ3) is 2.04. The van der Waals surface area contributed by atoms with Crippen LogP contribution in [0.15, 0.2) is 36.5 Å². The summed E-state index contributed by atoms with van der Waals surface area (Å²) in [5.74, 6) is 0. The molecular formula is C14H17N3. The van der Waals surface area contributed by atoms with Gasteiger partial charge >= 0.3 is 0 Å². The summed E-state index contributed by atoms with van der Waals surface area (Å²) in [6.45, 7) is 3.22. The molecule has 2 heterocycles. The summed E-state index contributed by atoms with van der Waals surface area (Å²) in [5.41, 5.74) is 2.45. The predicted molar refractivity (Wildman–Crippen MR) is 69.9 cm³/mol. The van der Waals surface area contributed by atoms with Crippen molar-refractivity contribution in [2.75, 3.05) is 20.1 Å². The number of nitrogens with one attached hydrogen (secondary N) is 1. The SMILES string of the molecule is CN(Cc1ccnc2ccccc12)C1CNC1. The van der Waals surface area contributed by atoms with Gasteiger partial charge in [-0.1, -0.05) is 18.2 Å². The van der Waals surface area contributed by atoms with Crippen LogP contribution >= 0.6 is 0 Å². The van der Waals surface area contributed by atoms with Crippen molar-refractivity contribution in [3.63, 3.8) is 0 Å². The molecule has 0 unspecified atom stereocenters. The van der Waals surface area contributed by atoms with Gasteiger partial charge in [-0.25, -0.2) is 0 Å². The van der Waals surface area contributed by atoms with Gasteiger partial charge in [-0.15, -0.1) is 0 Å². The van der Waals surface area contributed by atoms with Crippen LogP contribution in [0.1, 0.15) is 5.56 Å². The quantitative estimate of drug-likeness (QED) is 0.864. The fraction of sp³-hybridized carbons (Fsp3) is 0.357. The van der Waals surface area contributed by atoms with Gasteiger partial charge in [0, 0.05) is 37.3 Å². The number of likely N-dealkylation sites (N-methyl/N-ethyl adjacent to an activating group) is 1. The molecule has 0 spiro atoms. The summed E-state index contributed by atoms with van der Waals surface area (Å²) < 4.78 is 0. The maximum absolute atomic E-state index is 4.40. The molecule has 3 heteroatoms. The number of hydrogen-bond acceptors (Lipinski definition) is 3. The summed E-state index contributed by atoms with van der Waals surface area (Å²) in [4.78, 5) is 6.81. The second-order valence-electron chi connectivity index (χ2n) is 4.71. The summed E-state index contributed by atoms with van der Waals surface area (Å²) in [6, 6.07) is 11.2. The first-order chi connectivity index (χ1) is 8.34. The van der Waals surface area contributed by atoms with Gasteiger partial charge in [-0.05, 0) is 24.7 Å². The first-order valence-electron chi connectivity index (χ1n) is 6.08. The highest BCUT2D eigenvalue weighted by atomic mass is 15.2. The van der Waals surface area contributed by atoms with Crippen LogP contribution in [-0.2, 0) is 6.54 Å². The van der Waals surface area contributed by atoms with Crippen molar-refractivity contribution in [2.45, 2.75) is 12.6 Å². The van der Waals surface area contributed by atoms with Crippen LogP contribution < -0.4 is 5.32 Å². The highest BCUT2D eigenvalue weighted by molar-refractivity contribution is 5.81. The standard InChI is InChI=1S/C14H17N3/c1-17(12-8-15-9-12)10-11-6-7-16-14-5-3-2-4-13(11)14/h2-7,12,15H,8-10H2,1H3. The van der Waals surface area contributed by atoms with Gasteiger partial charge in [0.15, 0.2) is 0 Å². The van der Waals surface area contributed by atoms with Gasteiger partial charge in [-0.2, -0.15) is 0 Å². The summed E-state index contributed by atoms with van der Waals surface area (Å²) in [6.07, 6.45) is 1.91. The molecule has 88 valence electrons. The van der Waals surface area contributed by atoms with Crippen molar-refractivity contribution in [3.8, 4) is 0 Å². The molecule has 0 amide bonds. The van der Waals surface area contributed by atoms with E-state index in [0.717, 1.165) is 25.2 Å². The van der Waals surface area contributed by atoms with E-state index in [1.807, 2.05) is 12.3 Å². The number of rotatable bonds is 3. The lowest BCUT2D eigenvalue weighted by Gasteiger charge is -2.35. The van der Waals surface area contributed by atoms with Crippen LogP contribution in [0, 0.1) is 0 Å². The van der Waals surface area contributed by atoms with E-state index in [1.54, 1.807) is 0 Å². The summed E-state index contributed by atoms with van der Waals surface area (Å²) in [5, 5.41) is 4.58. The minimum atomic E-state index is 0.682. The number of benzene rings is 1. The zero-order chi connectivity index (χ0) is 11.7. The van der Waals surface area contributed by atoms with E-state index < -0.39 is 0 Å². The molecule has 1 aliphatic heterocycles. The Balaban J connectivity index is 1.89. The molecule has 2 aromatic rings. The smallest absolute Gasteiger partial charge is 0.0705 e. The van der Waals surface area contributed by atoms with Gasteiger partial charge in [-0.3, -0.25) is 9.88 Å². The Morgan fingerprint density at radius 3 is 2.88 bits per heavy atom. The van der Waals surface area contributed by atoms with Crippen LogP contribution in [0.4, 0.5) is 0 Å². The Bertz CT molecular complexity index is 514. The molecule has 1 fully saturated rings. The lowest BCUT2D eigenvalue weighted by atomic mass is 10.1. The highest BCUT2D eigenvalue weighted by Crippen LogP contribution is 2.18. The largest absolute Gasteiger partial charge is 0.314 e. The number of aromatic nitrogens is 1. The molecule has 0 bridgehead atoms. The van der Waals surface area contributed by atoms with Crippen LogP contribution in [0.25, 0.3) is 10.9 Å². The van der Waals surface area contributed by atoms with Crippen LogP contribution in [0.2, 0.25) is 0 Å². The van der Waals surface area contributed by atoms with Gasteiger partial charge in [0.25, 0.3) is 0 Å². The molecule has 1 aromatic heterocycles. The maximum Gasteiger partial charge on any atom is 0.0705 e. The lowest BCUT2D eigenvalue weighted by Crippen LogP contribution is -2.55. The number of nitrogens with zero attached hydrogens (tertiary/aromatic N) is 2. The summed E-state index contributed by atoms with van der Waals surface area (Å²) in [7, 11) is 2.20. The van der Waals surface area contributed by atoms with E-state index in [9.17, 15) is 0 Å². The Morgan fingerprint density at radius 2 is 2.12 bits per heavy atom. The zero-order valence-electron chi connectivity index (χ0n) is 10.1. The van der Waals surface area contributed by atoms with Crippen molar-refractivity contribution in [3.05, 3.63) is 42.1 Å². The number of pyridine rings is 1. The number of hydrogen-bond donors (Lipinski definition) is 1. The van der Waals surface area contributed by atoms with Gasteiger partial charge < -0.3 is 5.32 Å². The third-order valence-electron chi connectivity index (χ3n) is 3.54. The predicted octanol–water partition coefficient (Wildman–Crippen LogP) is 1.64. The monoisotopic (exact) mass is 227 g/mol. The Kier molecular flexibility index (Phi) is 2.79. The molecule has 1 saturated heterocycles. The Labute approximate surface area is 101 Å². The fourth-order valence-electron chi connectivity index (χ4n) is 2.28. The van der Waals surface area contributed by atoms with Crippen LogP contribution in [-0.4, -0.2) is 36.1 Å². The van der Waals surface area contributed by atoms with Crippen molar-refractivity contribution < 1.29 is 0 Å². The van der Waals surface area contributed by atoms with Gasteiger partial charge in [0.1, 0.15) is 0 Å². The molecule has 3 nitrogen and oxygen atoms in total. The second kappa shape index (κ2) is 4.43. The van der Waals surface area contributed by atoms with Gasteiger partial charge in [0.2, 0.25) is 0 Å². The Morgan fingerprint density at radius 1 is 1.29 bits per heavy atom. The van der Waals surface area contributed by atoms with E-state index in [4.69, 9.17) is 0 Å². The van der Waals surface area contributed by atoms with Crippen molar-refractivity contribution in [1.82, 2.24) is 15.2 Å². The van der Waals surface area contributed by atoms with Crippen LogP contribution in [0.5, 0.6) is 0 Å². The van der Waals surface area contributed by atoms with E-state index in [2.05, 4.69) is 46.5 Å². The third-order valence-corrected chi connectivity index (χ3v) is 3.54. The van der Waals surface area contributed by atoms with Gasteiger partial charge in [0.05, 0.1) is 5.52 Å². The van der Waals surface area contributed by atoms with Crippen molar-refractivity contribution >= 4 is 10.9 Å². The maximum atomic E-state index is 4.40. The Hall–Kier alpha value is -1.45. The van der Waals surface area contributed by atoms with E-state index in [1.165, 1.54) is 10.9 Å². The fourth-order valence-corrected chi connectivity index (χ4v) is 2.28. The first kappa shape index (κ1) is 10.7. The molecule has 0 aliphatic carbocycles. The van der Waals surface area contributed by atoms with E-state index >= 15 is 0 Å². The number of fused-ring (bicyclic) bond motifs is 1. The molecule has 1 aliphatic rings. The minimum absolute atomic E-state index is 0.682. The molecule has 0 saturated carbocycles. The normalized spacial score (nSPS) is 16.4. The molecule has 1 aromatic carbocycles. The average Bonchev–Trinajstić information content (AvgIpc) is 2.27. The average molecular weight is 227 g/mol. The lowest BCUT2D eigenvalue weighted by molar-refractivity contribution is 0.173. The molecule has 17 heavy (non-hydrogen) atoms. The topological polar surface area (TPSA) is 28.2 Å². The number of para-hydroxylation sites is 1. The summed E-state index contributed by atoms with van der Waals surface area (Å²) >= 11 is 0. The molecule has 0 atom stereocenters. The minimum Gasteiger partial charge on any atom is -0.314 e. The second-order valence-corrected chi connectivity index (χ2v) is 4.71. The molecular weight excluding hydrogens is 210 g/mol. The molecule has 0 radical (unpaired) electrons. The molecule has 3 rings (SSSR count).